The maximum Gasteiger partial charge on any atom is 0.232 e. The molecule has 2 heterocycles. The fourth-order valence-electron chi connectivity index (χ4n) is 3.98. The van der Waals surface area contributed by atoms with Crippen LogP contribution in [0.15, 0.2) is 34.9 Å². The van der Waals surface area contributed by atoms with Gasteiger partial charge in [0.15, 0.2) is 0 Å². The zero-order valence-electron chi connectivity index (χ0n) is 18.0. The predicted molar refractivity (Wildman–Crippen MR) is 116 cm³/mol. The number of aromatic nitrogens is 1. The summed E-state index contributed by atoms with van der Waals surface area (Å²) in [7, 11) is 0. The van der Waals surface area contributed by atoms with Crippen molar-refractivity contribution in [2.24, 2.45) is 5.92 Å². The van der Waals surface area contributed by atoms with E-state index < -0.39 is 6.10 Å². The third kappa shape index (κ3) is 6.04. The topological polar surface area (TPSA) is 62.0 Å². The monoisotopic (exact) mass is 401 g/mol. The number of hydrogen-bond acceptors (Lipinski definition) is 6. The smallest absolute Gasteiger partial charge is 0.232 e. The van der Waals surface area contributed by atoms with Crippen molar-refractivity contribution in [2.45, 2.75) is 46.3 Å². The van der Waals surface area contributed by atoms with Gasteiger partial charge in [0.05, 0.1) is 18.3 Å². The number of aliphatic hydroxyl groups is 1. The molecule has 1 atom stereocenters. The minimum absolute atomic E-state index is 0.360. The molecule has 1 N–H and O–H groups in total. The Kier molecular flexibility index (Phi) is 8.09. The van der Waals surface area contributed by atoms with Gasteiger partial charge < -0.3 is 19.3 Å². The van der Waals surface area contributed by atoms with Crippen LogP contribution in [0, 0.1) is 5.92 Å². The van der Waals surface area contributed by atoms with Crippen LogP contribution in [0.1, 0.15) is 39.2 Å². The van der Waals surface area contributed by atoms with Crippen LogP contribution < -0.4 is 4.90 Å². The largest absolute Gasteiger partial charge is 0.389 e. The van der Waals surface area contributed by atoms with E-state index in [4.69, 9.17) is 9.26 Å². The predicted octanol–water partition coefficient (Wildman–Crippen LogP) is 3.80. The summed E-state index contributed by atoms with van der Waals surface area (Å²) in [5.74, 6) is 1.37. The summed E-state index contributed by atoms with van der Waals surface area (Å²) in [6.07, 6.45) is 1.86. The van der Waals surface area contributed by atoms with Gasteiger partial charge >= 0.3 is 0 Å². The lowest BCUT2D eigenvalue weighted by Gasteiger charge is -2.27. The van der Waals surface area contributed by atoms with Gasteiger partial charge in [-0.15, -0.1) is 0 Å². The lowest BCUT2D eigenvalue weighted by molar-refractivity contribution is 0.0175. The van der Waals surface area contributed by atoms with Crippen molar-refractivity contribution in [3.8, 4) is 11.3 Å². The van der Waals surface area contributed by atoms with Crippen molar-refractivity contribution < 1.29 is 14.4 Å². The molecule has 29 heavy (non-hydrogen) atoms. The van der Waals surface area contributed by atoms with Crippen molar-refractivity contribution >= 4 is 5.88 Å². The van der Waals surface area contributed by atoms with E-state index in [2.05, 4.69) is 40.9 Å². The summed E-state index contributed by atoms with van der Waals surface area (Å²) in [6.45, 7) is 11.5. The first-order valence-electron chi connectivity index (χ1n) is 10.9. The third-order valence-electron chi connectivity index (χ3n) is 5.20. The second-order valence-corrected chi connectivity index (χ2v) is 8.28. The summed E-state index contributed by atoms with van der Waals surface area (Å²) >= 11 is 0. The maximum atomic E-state index is 10.4. The van der Waals surface area contributed by atoms with Gasteiger partial charge in [-0.3, -0.25) is 4.90 Å². The van der Waals surface area contributed by atoms with Crippen molar-refractivity contribution in [2.75, 3.05) is 44.3 Å². The molecule has 0 amide bonds. The van der Waals surface area contributed by atoms with Gasteiger partial charge in [0, 0.05) is 44.9 Å². The normalized spacial score (nSPS) is 15.6. The molecule has 1 aromatic carbocycles. The van der Waals surface area contributed by atoms with Crippen LogP contribution in [-0.4, -0.2) is 60.7 Å². The van der Waals surface area contributed by atoms with E-state index in [1.807, 2.05) is 25.1 Å². The molecule has 0 spiro atoms. The minimum Gasteiger partial charge on any atom is -0.389 e. The Morgan fingerprint density at radius 1 is 1.17 bits per heavy atom. The Labute approximate surface area is 174 Å². The molecule has 1 unspecified atom stereocenters. The summed E-state index contributed by atoms with van der Waals surface area (Å²) in [4.78, 5) is 4.60. The van der Waals surface area contributed by atoms with Crippen LogP contribution in [0.25, 0.3) is 11.3 Å². The second kappa shape index (κ2) is 10.8. The second-order valence-electron chi connectivity index (χ2n) is 8.28. The average molecular weight is 402 g/mol. The molecule has 0 saturated carbocycles. The van der Waals surface area contributed by atoms with Crippen LogP contribution in [0.2, 0.25) is 0 Å². The number of aliphatic hydroxyl groups excluding tert-OH is 1. The van der Waals surface area contributed by atoms with Crippen LogP contribution >= 0.6 is 0 Å². The fourth-order valence-corrected chi connectivity index (χ4v) is 3.98. The number of rotatable bonds is 11. The number of ether oxygens (including phenoxy) is 1. The number of benzene rings is 1. The van der Waals surface area contributed by atoms with Crippen molar-refractivity contribution in [3.63, 3.8) is 0 Å². The molecule has 1 fully saturated rings. The van der Waals surface area contributed by atoms with E-state index in [9.17, 15) is 5.11 Å². The SMILES string of the molecule is CCOCC(O)CN(Cc1c(-c2ccccc2)noc1N1CCCC1)CC(C)C. The van der Waals surface area contributed by atoms with Crippen LogP contribution in [0.4, 0.5) is 5.88 Å². The lowest BCUT2D eigenvalue weighted by atomic mass is 10.1. The first-order chi connectivity index (χ1) is 14.1. The molecule has 1 saturated heterocycles. The molecule has 1 aliphatic heterocycles. The fraction of sp³-hybridized carbons (Fsp3) is 0.609. The minimum atomic E-state index is -0.510. The van der Waals surface area contributed by atoms with E-state index in [1.165, 1.54) is 12.8 Å². The van der Waals surface area contributed by atoms with Gasteiger partial charge in [0.1, 0.15) is 5.69 Å². The summed E-state index contributed by atoms with van der Waals surface area (Å²) in [5.41, 5.74) is 3.08. The van der Waals surface area contributed by atoms with E-state index in [1.54, 1.807) is 0 Å². The van der Waals surface area contributed by atoms with Crippen LogP contribution in [-0.2, 0) is 11.3 Å². The van der Waals surface area contributed by atoms with E-state index in [0.717, 1.165) is 42.3 Å². The summed E-state index contributed by atoms with van der Waals surface area (Å²) in [5, 5.41) is 14.9. The molecule has 6 heteroatoms. The molecular formula is C23H35N3O3. The molecule has 1 aromatic heterocycles. The standard InChI is InChI=1S/C23H35N3O3/c1-4-28-17-20(27)15-25(14-18(2)3)16-21-22(19-10-6-5-7-11-19)24-29-23(21)26-12-8-9-13-26/h5-7,10-11,18,20,27H,4,8-9,12-17H2,1-3H3. The molecule has 0 bridgehead atoms. The highest BCUT2D eigenvalue weighted by atomic mass is 16.5. The van der Waals surface area contributed by atoms with E-state index in [0.29, 0.717) is 32.2 Å². The highest BCUT2D eigenvalue weighted by Gasteiger charge is 2.27. The number of nitrogens with zero attached hydrogens (tertiary/aromatic N) is 3. The molecule has 3 rings (SSSR count). The van der Waals surface area contributed by atoms with Gasteiger partial charge in [-0.1, -0.05) is 49.3 Å². The maximum absolute atomic E-state index is 10.4. The zero-order chi connectivity index (χ0) is 20.6. The Balaban J connectivity index is 1.87. The molecule has 2 aromatic rings. The molecular weight excluding hydrogens is 366 g/mol. The van der Waals surface area contributed by atoms with Crippen LogP contribution in [0.5, 0.6) is 0 Å². The van der Waals surface area contributed by atoms with E-state index >= 15 is 0 Å². The van der Waals surface area contributed by atoms with Gasteiger partial charge in [0.2, 0.25) is 5.88 Å². The molecule has 0 radical (unpaired) electrons. The Morgan fingerprint density at radius 3 is 2.55 bits per heavy atom. The van der Waals surface area contributed by atoms with E-state index in [-0.39, 0.29) is 0 Å². The van der Waals surface area contributed by atoms with Gasteiger partial charge in [-0.2, -0.15) is 0 Å². The Morgan fingerprint density at radius 2 is 1.90 bits per heavy atom. The average Bonchev–Trinajstić information content (AvgIpc) is 3.36. The molecule has 6 nitrogen and oxygen atoms in total. The summed E-state index contributed by atoms with van der Waals surface area (Å²) < 4.78 is 11.3. The molecule has 160 valence electrons. The Hall–Kier alpha value is -1.89. The van der Waals surface area contributed by atoms with Gasteiger partial charge in [-0.25, -0.2) is 0 Å². The van der Waals surface area contributed by atoms with Crippen LogP contribution in [0.3, 0.4) is 0 Å². The number of anilines is 1. The zero-order valence-corrected chi connectivity index (χ0v) is 18.0. The quantitative estimate of drug-likeness (QED) is 0.618. The highest BCUT2D eigenvalue weighted by molar-refractivity contribution is 5.68. The first kappa shape index (κ1) is 21.8. The lowest BCUT2D eigenvalue weighted by Crippen LogP contribution is -2.37. The Bertz CT molecular complexity index is 726. The van der Waals surface area contributed by atoms with Gasteiger partial charge in [-0.05, 0) is 25.7 Å². The first-order valence-corrected chi connectivity index (χ1v) is 10.9. The summed E-state index contributed by atoms with van der Waals surface area (Å²) in [6, 6.07) is 10.2. The highest BCUT2D eigenvalue weighted by Crippen LogP contribution is 2.34. The molecule has 1 aliphatic rings. The third-order valence-corrected chi connectivity index (χ3v) is 5.20. The van der Waals surface area contributed by atoms with Crippen molar-refractivity contribution in [3.05, 3.63) is 35.9 Å². The van der Waals surface area contributed by atoms with Gasteiger partial charge in [0.25, 0.3) is 0 Å². The molecule has 0 aliphatic carbocycles. The van der Waals surface area contributed by atoms with Crippen molar-refractivity contribution in [1.29, 1.82) is 0 Å². The van der Waals surface area contributed by atoms with Crippen molar-refractivity contribution in [1.82, 2.24) is 10.1 Å². The number of hydrogen-bond donors (Lipinski definition) is 1.